The first kappa shape index (κ1) is 23.2. The lowest BCUT2D eigenvalue weighted by Gasteiger charge is -2.13. The molecule has 3 N–H and O–H groups in total. The molecule has 0 bridgehead atoms. The zero-order valence-corrected chi connectivity index (χ0v) is 17.9. The Hall–Kier alpha value is -3.07. The average Bonchev–Trinajstić information content (AvgIpc) is 2.67. The number of aromatic nitrogens is 2. The Labute approximate surface area is 178 Å². The van der Waals surface area contributed by atoms with Gasteiger partial charge >= 0.3 is 5.69 Å². The molecule has 30 heavy (non-hydrogen) atoms. The van der Waals surface area contributed by atoms with Gasteiger partial charge < -0.3 is 14.5 Å². The van der Waals surface area contributed by atoms with Crippen molar-refractivity contribution in [2.45, 2.75) is 40.0 Å². The van der Waals surface area contributed by atoms with Crippen molar-refractivity contribution in [2.75, 3.05) is 13.2 Å². The van der Waals surface area contributed by atoms with E-state index in [1.807, 2.05) is 13.8 Å². The van der Waals surface area contributed by atoms with Crippen LogP contribution < -0.4 is 26.1 Å². The molecule has 1 aromatic carbocycles. The summed E-state index contributed by atoms with van der Waals surface area (Å²) in [6, 6.07) is 3.38. The molecule has 9 nitrogen and oxygen atoms in total. The van der Waals surface area contributed by atoms with Crippen LogP contribution in [-0.4, -0.2) is 35.3 Å². The van der Waals surface area contributed by atoms with Crippen LogP contribution >= 0.6 is 11.6 Å². The van der Waals surface area contributed by atoms with E-state index in [0.29, 0.717) is 46.6 Å². The smallest absolute Gasteiger partial charge is 0.325 e. The first-order valence-corrected chi connectivity index (χ1v) is 9.96. The number of carbonyl (C=O) groups is 1. The van der Waals surface area contributed by atoms with Crippen molar-refractivity contribution in [1.29, 1.82) is 0 Å². The molecule has 0 aliphatic carbocycles. The predicted octanol–water partition coefficient (Wildman–Crippen LogP) is 2.30. The Morgan fingerprint density at radius 1 is 1.23 bits per heavy atom. The summed E-state index contributed by atoms with van der Waals surface area (Å²) in [5.41, 5.74) is 2.73. The first-order chi connectivity index (χ1) is 14.3. The maximum atomic E-state index is 12.0. The van der Waals surface area contributed by atoms with E-state index in [0.717, 1.165) is 6.42 Å². The van der Waals surface area contributed by atoms with Crippen LogP contribution in [0.5, 0.6) is 11.5 Å². The van der Waals surface area contributed by atoms with Crippen LogP contribution in [0, 0.1) is 6.92 Å². The molecule has 162 valence electrons. The summed E-state index contributed by atoms with van der Waals surface area (Å²) in [6.45, 7) is 6.41. The molecule has 2 rings (SSSR count). The SMILES string of the molecule is CCCOc1c(Cl)cc(/C=N/NC(=O)CCc2c(C)[nH]c(=O)[nH]c2=O)cc1OCC. The molecule has 0 saturated heterocycles. The lowest BCUT2D eigenvalue weighted by molar-refractivity contribution is -0.121. The fraction of sp³-hybridized carbons (Fsp3) is 0.400. The molecule has 0 aliphatic rings. The van der Waals surface area contributed by atoms with E-state index >= 15 is 0 Å². The number of aromatic amines is 2. The zero-order chi connectivity index (χ0) is 22.1. The zero-order valence-electron chi connectivity index (χ0n) is 17.1. The second kappa shape index (κ2) is 11.2. The van der Waals surface area contributed by atoms with Crippen LogP contribution in [0.3, 0.4) is 0 Å². The lowest BCUT2D eigenvalue weighted by atomic mass is 10.1. The summed E-state index contributed by atoms with van der Waals surface area (Å²) in [6.07, 6.45) is 2.47. The van der Waals surface area contributed by atoms with Gasteiger partial charge in [-0.1, -0.05) is 18.5 Å². The molecule has 0 spiro atoms. The van der Waals surface area contributed by atoms with Gasteiger partial charge in [0.2, 0.25) is 5.91 Å². The Bertz CT molecular complexity index is 1030. The van der Waals surface area contributed by atoms with Crippen molar-refractivity contribution >= 4 is 23.7 Å². The van der Waals surface area contributed by atoms with Gasteiger partial charge in [0, 0.05) is 17.7 Å². The van der Waals surface area contributed by atoms with Crippen molar-refractivity contribution in [3.8, 4) is 11.5 Å². The van der Waals surface area contributed by atoms with Crippen LogP contribution in [0.4, 0.5) is 0 Å². The van der Waals surface area contributed by atoms with Gasteiger partial charge in [-0.05, 0) is 44.4 Å². The van der Waals surface area contributed by atoms with E-state index in [9.17, 15) is 14.4 Å². The van der Waals surface area contributed by atoms with Gasteiger partial charge in [-0.3, -0.25) is 14.6 Å². The normalized spacial score (nSPS) is 10.9. The summed E-state index contributed by atoms with van der Waals surface area (Å²) < 4.78 is 11.2. The van der Waals surface area contributed by atoms with E-state index in [-0.39, 0.29) is 18.7 Å². The highest BCUT2D eigenvalue weighted by Crippen LogP contribution is 2.36. The molecule has 10 heteroatoms. The topological polar surface area (TPSA) is 126 Å². The highest BCUT2D eigenvalue weighted by Gasteiger charge is 2.12. The average molecular weight is 437 g/mol. The number of nitrogens with one attached hydrogen (secondary N) is 3. The van der Waals surface area contributed by atoms with Crippen molar-refractivity contribution in [2.24, 2.45) is 5.10 Å². The van der Waals surface area contributed by atoms with Gasteiger partial charge in [-0.2, -0.15) is 5.10 Å². The summed E-state index contributed by atoms with van der Waals surface area (Å²) in [5, 5.41) is 4.31. The minimum absolute atomic E-state index is 0.0298. The number of benzene rings is 1. The summed E-state index contributed by atoms with van der Waals surface area (Å²) in [5.74, 6) is 0.595. The van der Waals surface area contributed by atoms with Gasteiger partial charge in [-0.15, -0.1) is 0 Å². The molecule has 1 heterocycles. The number of ether oxygens (including phenoxy) is 2. The van der Waals surface area contributed by atoms with Crippen LogP contribution in [0.15, 0.2) is 26.8 Å². The second-order valence-electron chi connectivity index (χ2n) is 6.42. The van der Waals surface area contributed by atoms with Crippen molar-refractivity contribution in [3.63, 3.8) is 0 Å². The number of hydrazone groups is 1. The van der Waals surface area contributed by atoms with Gasteiger partial charge in [0.05, 0.1) is 24.5 Å². The number of amides is 1. The summed E-state index contributed by atoms with van der Waals surface area (Å²) in [7, 11) is 0. The number of hydrogen-bond acceptors (Lipinski definition) is 6. The summed E-state index contributed by atoms with van der Waals surface area (Å²) >= 11 is 6.29. The standard InChI is InChI=1S/C20H25ClN4O5/c1-4-8-30-18-15(21)9-13(10-16(18)29-5-2)11-22-25-17(26)7-6-14-12(3)23-20(28)24-19(14)27/h9-11H,4-8H2,1-3H3,(H,25,26)(H2,23,24,27,28)/b22-11+. The molecule has 1 aromatic heterocycles. The van der Waals surface area contributed by atoms with E-state index in [1.54, 1.807) is 19.1 Å². The molecule has 0 atom stereocenters. The van der Waals surface area contributed by atoms with Gasteiger partial charge in [-0.25, -0.2) is 10.2 Å². The third-order valence-corrected chi connectivity index (χ3v) is 4.32. The predicted molar refractivity (Wildman–Crippen MR) is 115 cm³/mol. The molecule has 0 unspecified atom stereocenters. The van der Waals surface area contributed by atoms with Crippen molar-refractivity contribution < 1.29 is 14.3 Å². The van der Waals surface area contributed by atoms with Crippen molar-refractivity contribution in [3.05, 3.63) is 54.8 Å². The van der Waals surface area contributed by atoms with Crippen LogP contribution in [0.25, 0.3) is 0 Å². The fourth-order valence-electron chi connectivity index (χ4n) is 2.67. The Kier molecular flexibility index (Phi) is 8.67. The number of carbonyl (C=O) groups excluding carboxylic acids is 1. The monoisotopic (exact) mass is 436 g/mol. The van der Waals surface area contributed by atoms with Gasteiger partial charge in [0.15, 0.2) is 11.5 Å². The maximum absolute atomic E-state index is 12.0. The first-order valence-electron chi connectivity index (χ1n) is 9.58. The summed E-state index contributed by atoms with van der Waals surface area (Å²) in [4.78, 5) is 39.7. The third kappa shape index (κ3) is 6.48. The third-order valence-electron chi connectivity index (χ3n) is 4.04. The van der Waals surface area contributed by atoms with E-state index < -0.39 is 11.2 Å². The van der Waals surface area contributed by atoms with E-state index in [4.69, 9.17) is 21.1 Å². The van der Waals surface area contributed by atoms with Crippen LogP contribution in [-0.2, 0) is 11.2 Å². The van der Waals surface area contributed by atoms with Gasteiger partial charge in [0.25, 0.3) is 5.56 Å². The molecule has 0 radical (unpaired) electrons. The minimum atomic E-state index is -0.577. The number of rotatable bonds is 10. The van der Waals surface area contributed by atoms with E-state index in [2.05, 4.69) is 20.5 Å². The number of H-pyrrole nitrogens is 2. The Morgan fingerprint density at radius 3 is 2.67 bits per heavy atom. The highest BCUT2D eigenvalue weighted by molar-refractivity contribution is 6.32. The molecule has 0 saturated carbocycles. The van der Waals surface area contributed by atoms with Crippen LogP contribution in [0.2, 0.25) is 5.02 Å². The molecule has 2 aromatic rings. The maximum Gasteiger partial charge on any atom is 0.325 e. The number of aryl methyl sites for hydroxylation is 1. The van der Waals surface area contributed by atoms with E-state index in [1.165, 1.54) is 6.21 Å². The molecular formula is C20H25ClN4O5. The van der Waals surface area contributed by atoms with Crippen LogP contribution in [0.1, 0.15) is 43.5 Å². The largest absolute Gasteiger partial charge is 0.490 e. The molecule has 1 amide bonds. The number of hydrogen-bond donors (Lipinski definition) is 3. The second-order valence-corrected chi connectivity index (χ2v) is 6.82. The minimum Gasteiger partial charge on any atom is -0.490 e. The Morgan fingerprint density at radius 2 is 2.00 bits per heavy atom. The lowest BCUT2D eigenvalue weighted by Crippen LogP contribution is -2.28. The Balaban J connectivity index is 2.01. The van der Waals surface area contributed by atoms with Crippen molar-refractivity contribution in [1.82, 2.24) is 15.4 Å². The number of nitrogens with zero attached hydrogens (tertiary/aromatic N) is 1. The molecular weight excluding hydrogens is 412 g/mol. The quantitative estimate of drug-likeness (QED) is 0.389. The molecule has 0 aliphatic heterocycles. The van der Waals surface area contributed by atoms with Gasteiger partial charge in [0.1, 0.15) is 0 Å². The number of halogens is 1. The highest BCUT2D eigenvalue weighted by atomic mass is 35.5. The molecule has 0 fully saturated rings. The fourth-order valence-corrected chi connectivity index (χ4v) is 2.94.